The Kier molecular flexibility index (Phi) is 16.1. The summed E-state index contributed by atoms with van der Waals surface area (Å²) in [5.41, 5.74) is 12.2. The predicted octanol–water partition coefficient (Wildman–Crippen LogP) is -1.55. The molecule has 0 fully saturated rings. The lowest BCUT2D eigenvalue weighted by Crippen LogP contribution is -2.53. The zero-order chi connectivity index (χ0) is 39.0. The molecule has 0 aliphatic rings. The van der Waals surface area contributed by atoms with Gasteiger partial charge in [0.05, 0.1) is 24.5 Å². The molecular weight excluding hydrogens is 688 g/mol. The highest BCUT2D eigenvalue weighted by molar-refractivity contribution is 5.97. The summed E-state index contributed by atoms with van der Waals surface area (Å²) in [5, 5.41) is 28.8. The van der Waals surface area contributed by atoms with E-state index in [1.165, 1.54) is 25.3 Å². The number of nitrogen functional groups attached to an aromatic ring is 1. The van der Waals surface area contributed by atoms with Crippen molar-refractivity contribution >= 4 is 64.4 Å². The number of carbonyl (C=O) groups excluding carboxylic acids is 6. The van der Waals surface area contributed by atoms with E-state index in [1.54, 1.807) is 19.1 Å². The summed E-state index contributed by atoms with van der Waals surface area (Å²) >= 11 is 0. The second-order valence-corrected chi connectivity index (χ2v) is 11.1. The molecule has 3 rings (SSSR count). The molecule has 278 valence electrons. The zero-order valence-electron chi connectivity index (χ0n) is 28.0. The van der Waals surface area contributed by atoms with Gasteiger partial charge in [0.25, 0.3) is 11.5 Å². The molecule has 4 atom stereocenters. The summed E-state index contributed by atoms with van der Waals surface area (Å²) in [7, 11) is 0. The summed E-state index contributed by atoms with van der Waals surface area (Å²) in [4.78, 5) is 116. The number of benzene rings is 1. The number of nitrogens with two attached hydrogens (primary N) is 2. The van der Waals surface area contributed by atoms with Gasteiger partial charge in [0.1, 0.15) is 23.9 Å². The number of nitrogens with zero attached hydrogens (tertiary/aromatic N) is 3. The van der Waals surface area contributed by atoms with Crippen molar-refractivity contribution in [1.82, 2.24) is 35.9 Å². The third-order valence-electron chi connectivity index (χ3n) is 7.27. The highest BCUT2D eigenvalue weighted by Gasteiger charge is 2.25. The number of fused-ring (bicyclic) bond motifs is 1. The van der Waals surface area contributed by atoms with Crippen LogP contribution in [-0.2, 0) is 40.1 Å². The van der Waals surface area contributed by atoms with E-state index >= 15 is 0 Å². The first-order chi connectivity index (χ1) is 24.6. The van der Waals surface area contributed by atoms with Crippen LogP contribution in [0.5, 0.6) is 0 Å². The lowest BCUT2D eigenvalue weighted by atomic mass is 10.0. The number of carbonyl (C=O) groups is 6. The highest BCUT2D eigenvalue weighted by atomic mass is 16.4. The number of carboxylic acids is 2. The van der Waals surface area contributed by atoms with Gasteiger partial charge in [-0.3, -0.25) is 29.0 Å². The molecule has 3 aromatic rings. The third-order valence-corrected chi connectivity index (χ3v) is 7.27. The van der Waals surface area contributed by atoms with Crippen molar-refractivity contribution in [2.24, 2.45) is 5.73 Å². The first-order valence-electron chi connectivity index (χ1n) is 15.6. The molecule has 21 heteroatoms. The van der Waals surface area contributed by atoms with Crippen LogP contribution in [0.25, 0.3) is 11.2 Å². The second kappa shape index (κ2) is 20.2. The van der Waals surface area contributed by atoms with Crippen LogP contribution in [0.1, 0.15) is 62.0 Å². The van der Waals surface area contributed by atoms with Crippen LogP contribution >= 0.6 is 0 Å². The van der Waals surface area contributed by atoms with Crippen LogP contribution in [0, 0.1) is 0 Å². The Labute approximate surface area is 294 Å². The Morgan fingerprint density at radius 3 is 2.12 bits per heavy atom. The van der Waals surface area contributed by atoms with E-state index in [0.717, 1.165) is 0 Å². The number of aromatic amines is 1. The Morgan fingerprint density at radius 1 is 0.904 bits per heavy atom. The fourth-order valence-corrected chi connectivity index (χ4v) is 4.39. The molecule has 52 heavy (non-hydrogen) atoms. The summed E-state index contributed by atoms with van der Waals surface area (Å²) in [6, 6.07) is 1.39. The predicted molar refractivity (Wildman–Crippen MR) is 179 cm³/mol. The Morgan fingerprint density at radius 2 is 1.52 bits per heavy atom. The van der Waals surface area contributed by atoms with Gasteiger partial charge in [-0.05, 0) is 50.5 Å². The van der Waals surface area contributed by atoms with Crippen molar-refractivity contribution in [1.29, 1.82) is 0 Å². The first kappa shape index (κ1) is 41.6. The fourth-order valence-electron chi connectivity index (χ4n) is 4.39. The molecule has 4 unspecified atom stereocenters. The number of hydrogen-bond donors (Lipinski definition) is 9. The van der Waals surface area contributed by atoms with Crippen molar-refractivity contribution in [3.63, 3.8) is 0 Å². The van der Waals surface area contributed by atoms with Crippen LogP contribution in [0.15, 0.2) is 35.3 Å². The van der Waals surface area contributed by atoms with Gasteiger partial charge >= 0.3 is 18.1 Å². The minimum atomic E-state index is -1.37. The molecule has 2 heterocycles. The third kappa shape index (κ3) is 13.0. The summed E-state index contributed by atoms with van der Waals surface area (Å²) in [6.45, 7) is 3.12. The lowest BCUT2D eigenvalue weighted by molar-refractivity contribution is -0.191. The monoisotopic (exact) mass is 726 g/mol. The SMILES string of the molecule is CCC(NC(=O)C(C)NC(=O)C(N)CCC(=O)CCC(NC(=O)c1ccc(NCc2cnc3nc(N)[nH]c(=O)c3n2)cc1)C(=O)O)C(=O)O.O=C=O. The summed E-state index contributed by atoms with van der Waals surface area (Å²) in [5.74, 6) is -5.14. The van der Waals surface area contributed by atoms with E-state index in [0.29, 0.717) is 11.4 Å². The summed E-state index contributed by atoms with van der Waals surface area (Å²) < 4.78 is 0. The number of carboxylic acid groups (broad SMARTS) is 2. The van der Waals surface area contributed by atoms with Gasteiger partial charge in [-0.2, -0.15) is 14.6 Å². The minimum absolute atomic E-state index is 0.0286. The topological polar surface area (TPSA) is 349 Å². The summed E-state index contributed by atoms with van der Waals surface area (Å²) in [6.07, 6.45) is 1.16. The molecule has 3 amide bonds. The lowest BCUT2D eigenvalue weighted by Gasteiger charge is -2.19. The smallest absolute Gasteiger partial charge is 0.373 e. The number of amides is 3. The van der Waals surface area contributed by atoms with Gasteiger partial charge in [0.2, 0.25) is 17.8 Å². The molecule has 2 aromatic heterocycles. The average molecular weight is 727 g/mol. The van der Waals surface area contributed by atoms with Crippen molar-refractivity contribution in [3.8, 4) is 0 Å². The van der Waals surface area contributed by atoms with Crippen LogP contribution in [0.2, 0.25) is 0 Å². The van der Waals surface area contributed by atoms with E-state index in [1.807, 2.05) is 0 Å². The normalized spacial score (nSPS) is 12.8. The van der Waals surface area contributed by atoms with E-state index in [4.69, 9.17) is 26.2 Å². The maximum atomic E-state index is 12.7. The molecule has 0 aliphatic heterocycles. The number of nitrogens with one attached hydrogen (secondary N) is 5. The Hall–Kier alpha value is -6.60. The number of rotatable bonds is 18. The fraction of sp³-hybridized carbons (Fsp3) is 0.387. The van der Waals surface area contributed by atoms with Gasteiger partial charge in [0.15, 0.2) is 11.2 Å². The van der Waals surface area contributed by atoms with Gasteiger partial charge in [-0.1, -0.05) is 6.92 Å². The molecule has 11 N–H and O–H groups in total. The van der Waals surface area contributed by atoms with Crippen LogP contribution in [0.3, 0.4) is 0 Å². The quantitative estimate of drug-likeness (QED) is 0.0716. The minimum Gasteiger partial charge on any atom is -0.480 e. The molecule has 0 saturated carbocycles. The van der Waals surface area contributed by atoms with Gasteiger partial charge < -0.3 is 42.9 Å². The largest absolute Gasteiger partial charge is 0.480 e. The average Bonchev–Trinajstić information content (AvgIpc) is 3.10. The number of aliphatic carboxylic acids is 2. The maximum Gasteiger partial charge on any atom is 0.373 e. The Balaban J connectivity index is 0.00000301. The number of H-pyrrole nitrogens is 1. The Bertz CT molecular complexity index is 1860. The number of ketones is 1. The number of anilines is 2. The van der Waals surface area contributed by atoms with Gasteiger partial charge in [-0.25, -0.2) is 19.6 Å². The molecule has 0 spiro atoms. The molecule has 0 saturated heterocycles. The molecule has 1 aromatic carbocycles. The number of aromatic nitrogens is 4. The molecule has 0 bridgehead atoms. The molecule has 21 nitrogen and oxygen atoms in total. The molecular formula is C31H38N10O11. The van der Waals surface area contributed by atoms with Crippen molar-refractivity contribution in [3.05, 3.63) is 52.1 Å². The van der Waals surface area contributed by atoms with Crippen LogP contribution in [0.4, 0.5) is 11.6 Å². The van der Waals surface area contributed by atoms with Crippen molar-refractivity contribution in [2.45, 2.75) is 76.7 Å². The molecule has 0 radical (unpaired) electrons. The van der Waals surface area contributed by atoms with E-state index in [9.17, 15) is 38.7 Å². The van der Waals surface area contributed by atoms with Crippen molar-refractivity contribution < 1.29 is 48.6 Å². The maximum absolute atomic E-state index is 12.7. The highest BCUT2D eigenvalue weighted by Crippen LogP contribution is 2.13. The standard InChI is InChI=1S/C30H38N10O9.CO2/c1-3-20(28(46)47)37-24(42)14(2)35-26(44)19(31)10-8-18(41)9-11-21(29(48)49)38-25(43)15-4-6-16(7-5-15)33-12-17-13-34-23-22(36-17)27(45)40-30(32)39-23;2-1-3/h4-7,13-14,19-21,33H,3,8-12,31H2,1-2H3,(H,35,44)(H,37,42)(H,38,43)(H,46,47)(H,48,49)(H3,32,34,39,40,45);. The number of Topliss-reactive ketones (excluding diaryl/α,β-unsaturated/α-hetero) is 1. The van der Waals surface area contributed by atoms with Crippen LogP contribution < -0.4 is 38.3 Å². The van der Waals surface area contributed by atoms with Gasteiger partial charge in [0, 0.05) is 24.1 Å². The molecule has 0 aliphatic carbocycles. The second-order valence-electron chi connectivity index (χ2n) is 11.1. The van der Waals surface area contributed by atoms with E-state index in [2.05, 4.69) is 41.2 Å². The van der Waals surface area contributed by atoms with Crippen LogP contribution in [-0.4, -0.2) is 95.9 Å². The van der Waals surface area contributed by atoms with E-state index < -0.39 is 65.2 Å². The van der Waals surface area contributed by atoms with E-state index in [-0.39, 0.29) is 67.5 Å². The zero-order valence-corrected chi connectivity index (χ0v) is 28.0. The van der Waals surface area contributed by atoms with Crippen molar-refractivity contribution in [2.75, 3.05) is 11.1 Å². The first-order valence-corrected chi connectivity index (χ1v) is 15.6. The van der Waals surface area contributed by atoms with Gasteiger partial charge in [-0.15, -0.1) is 0 Å². The number of hydrogen-bond acceptors (Lipinski definition) is 15.